The molecule has 0 spiro atoms. The average Bonchev–Trinajstić information content (AvgIpc) is 3.21. The maximum atomic E-state index is 11.0. The largest absolute Gasteiger partial charge is 0.493 e. The SMILES string of the molecule is COc1ccc([C@@H](O)C[C@@H]2c3c(cc4c(c3OC)OCO4)CCN2C)cc1OC. The van der Waals surface area contributed by atoms with Crippen LogP contribution in [0.15, 0.2) is 24.3 Å². The van der Waals surface area contributed by atoms with Crippen LogP contribution in [0.1, 0.15) is 35.3 Å². The van der Waals surface area contributed by atoms with Crippen molar-refractivity contribution in [2.45, 2.75) is 25.0 Å². The van der Waals surface area contributed by atoms with Crippen molar-refractivity contribution in [3.8, 4) is 28.7 Å². The average molecular weight is 401 g/mol. The quantitative estimate of drug-likeness (QED) is 0.798. The first-order valence-corrected chi connectivity index (χ1v) is 9.67. The lowest BCUT2D eigenvalue weighted by Crippen LogP contribution is -2.33. The van der Waals surface area contributed by atoms with E-state index in [2.05, 4.69) is 11.9 Å². The first-order valence-electron chi connectivity index (χ1n) is 9.67. The molecule has 2 aliphatic heterocycles. The van der Waals surface area contributed by atoms with Crippen molar-refractivity contribution >= 4 is 0 Å². The summed E-state index contributed by atoms with van der Waals surface area (Å²) in [6.07, 6.45) is 0.722. The third kappa shape index (κ3) is 3.45. The molecule has 0 amide bonds. The van der Waals surface area contributed by atoms with Gasteiger partial charge in [0, 0.05) is 18.2 Å². The lowest BCUT2D eigenvalue weighted by Gasteiger charge is -2.37. The van der Waals surface area contributed by atoms with Crippen molar-refractivity contribution in [1.82, 2.24) is 4.90 Å². The summed E-state index contributed by atoms with van der Waals surface area (Å²) in [4.78, 5) is 2.25. The van der Waals surface area contributed by atoms with Crippen LogP contribution in [0.3, 0.4) is 0 Å². The van der Waals surface area contributed by atoms with Gasteiger partial charge < -0.3 is 28.8 Å². The highest BCUT2D eigenvalue weighted by Gasteiger charge is 2.35. The predicted molar refractivity (Wildman–Crippen MR) is 107 cm³/mol. The third-order valence-corrected chi connectivity index (χ3v) is 5.79. The number of hydrogen-bond donors (Lipinski definition) is 1. The number of hydrogen-bond acceptors (Lipinski definition) is 7. The fourth-order valence-corrected chi connectivity index (χ4v) is 4.23. The highest BCUT2D eigenvalue weighted by molar-refractivity contribution is 5.61. The van der Waals surface area contributed by atoms with Gasteiger partial charge in [0.25, 0.3) is 0 Å². The smallest absolute Gasteiger partial charge is 0.231 e. The molecule has 156 valence electrons. The molecule has 0 radical (unpaired) electrons. The van der Waals surface area contributed by atoms with Crippen LogP contribution in [0.2, 0.25) is 0 Å². The number of aliphatic hydroxyl groups excluding tert-OH is 1. The number of nitrogens with zero attached hydrogens (tertiary/aromatic N) is 1. The minimum Gasteiger partial charge on any atom is -0.493 e. The van der Waals surface area contributed by atoms with Gasteiger partial charge in [-0.3, -0.25) is 4.90 Å². The van der Waals surface area contributed by atoms with Gasteiger partial charge in [0.15, 0.2) is 23.0 Å². The summed E-state index contributed by atoms with van der Waals surface area (Å²) >= 11 is 0. The lowest BCUT2D eigenvalue weighted by atomic mass is 9.87. The van der Waals surface area contributed by atoms with Gasteiger partial charge in [0.2, 0.25) is 12.5 Å². The standard InChI is InChI=1S/C22H27NO6/c1-23-8-7-14-10-19-21(29-12-28-19)22(27-4)20(14)15(23)11-16(24)13-5-6-17(25-2)18(9-13)26-3/h5-6,9-10,15-16,24H,7-8,11-12H2,1-4H3/t15-,16+/m1/s1. The molecule has 0 aromatic heterocycles. The Balaban J connectivity index is 1.68. The summed E-state index contributed by atoms with van der Waals surface area (Å²) in [5.74, 6) is 3.31. The van der Waals surface area contributed by atoms with E-state index >= 15 is 0 Å². The molecule has 1 N–H and O–H groups in total. The van der Waals surface area contributed by atoms with Crippen molar-refractivity contribution in [2.24, 2.45) is 0 Å². The monoisotopic (exact) mass is 401 g/mol. The molecule has 4 rings (SSSR count). The second-order valence-corrected chi connectivity index (χ2v) is 7.33. The summed E-state index contributed by atoms with van der Waals surface area (Å²) < 4.78 is 27.7. The zero-order valence-electron chi connectivity index (χ0n) is 17.2. The van der Waals surface area contributed by atoms with E-state index in [0.717, 1.165) is 29.8 Å². The van der Waals surface area contributed by atoms with Crippen LogP contribution >= 0.6 is 0 Å². The Morgan fingerprint density at radius 3 is 2.62 bits per heavy atom. The Labute approximate surface area is 170 Å². The number of methoxy groups -OCH3 is 3. The zero-order valence-corrected chi connectivity index (χ0v) is 17.2. The maximum Gasteiger partial charge on any atom is 0.231 e. The molecule has 2 heterocycles. The summed E-state index contributed by atoms with van der Waals surface area (Å²) in [6.45, 7) is 1.09. The first-order chi connectivity index (χ1) is 14.1. The van der Waals surface area contributed by atoms with Crippen molar-refractivity contribution < 1.29 is 28.8 Å². The normalized spacial score (nSPS) is 18.9. The number of aliphatic hydroxyl groups is 1. The molecule has 2 aromatic rings. The van der Waals surface area contributed by atoms with Gasteiger partial charge in [-0.1, -0.05) is 6.07 Å². The maximum absolute atomic E-state index is 11.0. The highest BCUT2D eigenvalue weighted by Crippen LogP contribution is 2.51. The molecule has 2 atom stereocenters. The van der Waals surface area contributed by atoms with E-state index in [1.807, 2.05) is 24.3 Å². The van der Waals surface area contributed by atoms with E-state index in [1.54, 1.807) is 21.3 Å². The molecular formula is C22H27NO6. The molecule has 7 nitrogen and oxygen atoms in total. The molecule has 0 aliphatic carbocycles. The molecule has 2 aromatic carbocycles. The summed E-state index contributed by atoms with van der Waals surface area (Å²) in [6, 6.07) is 7.53. The molecule has 0 saturated heterocycles. The third-order valence-electron chi connectivity index (χ3n) is 5.79. The number of ether oxygens (including phenoxy) is 5. The minimum absolute atomic E-state index is 0.0219. The molecule has 2 aliphatic rings. The van der Waals surface area contributed by atoms with Gasteiger partial charge in [-0.2, -0.15) is 0 Å². The topological polar surface area (TPSA) is 69.6 Å². The fourth-order valence-electron chi connectivity index (χ4n) is 4.23. The number of fused-ring (bicyclic) bond motifs is 2. The van der Waals surface area contributed by atoms with E-state index in [0.29, 0.717) is 29.4 Å². The van der Waals surface area contributed by atoms with Crippen molar-refractivity contribution in [3.63, 3.8) is 0 Å². The Bertz CT molecular complexity index is 899. The van der Waals surface area contributed by atoms with E-state index < -0.39 is 6.10 Å². The van der Waals surface area contributed by atoms with E-state index in [1.165, 1.54) is 5.56 Å². The summed E-state index contributed by atoms with van der Waals surface area (Å²) in [5.41, 5.74) is 3.02. The van der Waals surface area contributed by atoms with Crippen LogP contribution in [0.4, 0.5) is 0 Å². The lowest BCUT2D eigenvalue weighted by molar-refractivity contribution is 0.107. The molecule has 29 heavy (non-hydrogen) atoms. The van der Waals surface area contributed by atoms with Crippen molar-refractivity contribution in [1.29, 1.82) is 0 Å². The van der Waals surface area contributed by atoms with Gasteiger partial charge in [0.1, 0.15) is 0 Å². The molecule has 0 unspecified atom stereocenters. The van der Waals surface area contributed by atoms with Crippen LogP contribution in [0, 0.1) is 0 Å². The summed E-state index contributed by atoms with van der Waals surface area (Å²) in [5, 5.41) is 11.0. The highest BCUT2D eigenvalue weighted by atomic mass is 16.7. The van der Waals surface area contributed by atoms with Crippen LogP contribution in [-0.2, 0) is 6.42 Å². The van der Waals surface area contributed by atoms with Gasteiger partial charge in [-0.15, -0.1) is 0 Å². The Morgan fingerprint density at radius 2 is 1.90 bits per heavy atom. The van der Waals surface area contributed by atoms with Crippen molar-refractivity contribution in [2.75, 3.05) is 41.7 Å². The molecule has 7 heteroatoms. The summed E-state index contributed by atoms with van der Waals surface area (Å²) in [7, 11) is 6.90. The van der Waals surface area contributed by atoms with Crippen LogP contribution in [0.5, 0.6) is 28.7 Å². The van der Waals surface area contributed by atoms with E-state index in [4.69, 9.17) is 23.7 Å². The zero-order chi connectivity index (χ0) is 20.5. The van der Waals surface area contributed by atoms with Gasteiger partial charge in [-0.25, -0.2) is 0 Å². The molecule has 0 saturated carbocycles. The minimum atomic E-state index is -0.677. The molecule has 0 bridgehead atoms. The second-order valence-electron chi connectivity index (χ2n) is 7.33. The van der Waals surface area contributed by atoms with Crippen LogP contribution in [0.25, 0.3) is 0 Å². The van der Waals surface area contributed by atoms with Gasteiger partial charge in [0.05, 0.1) is 27.4 Å². The Morgan fingerprint density at radius 1 is 1.10 bits per heavy atom. The molecule has 0 fully saturated rings. The number of likely N-dealkylation sites (N-methyl/N-ethyl adjacent to an activating group) is 1. The Hall–Kier alpha value is -2.64. The Kier molecular flexibility index (Phi) is 5.43. The van der Waals surface area contributed by atoms with Gasteiger partial charge >= 0.3 is 0 Å². The van der Waals surface area contributed by atoms with Crippen molar-refractivity contribution in [3.05, 3.63) is 41.0 Å². The van der Waals surface area contributed by atoms with Crippen LogP contribution < -0.4 is 23.7 Å². The first kappa shape index (κ1) is 19.7. The van der Waals surface area contributed by atoms with E-state index in [9.17, 15) is 5.11 Å². The fraction of sp³-hybridized carbons (Fsp3) is 0.455. The molecular weight excluding hydrogens is 374 g/mol. The van der Waals surface area contributed by atoms with Gasteiger partial charge in [-0.05, 0) is 49.2 Å². The van der Waals surface area contributed by atoms with E-state index in [-0.39, 0.29) is 12.8 Å². The van der Waals surface area contributed by atoms with Crippen LogP contribution in [-0.4, -0.2) is 51.7 Å². The number of benzene rings is 2. The second kappa shape index (κ2) is 8.00. The predicted octanol–water partition coefficient (Wildman–Crippen LogP) is 3.09. The number of rotatable bonds is 6.